The van der Waals surface area contributed by atoms with E-state index in [4.69, 9.17) is 0 Å². The summed E-state index contributed by atoms with van der Waals surface area (Å²) in [5.74, 6) is -4.88. The molecule has 0 saturated heterocycles. The van der Waals surface area contributed by atoms with Crippen LogP contribution in [0, 0.1) is 34.9 Å². The fourth-order valence-electron chi connectivity index (χ4n) is 9.35. The van der Waals surface area contributed by atoms with Crippen LogP contribution in [0.3, 0.4) is 0 Å². The van der Waals surface area contributed by atoms with Gasteiger partial charge in [0.1, 0.15) is 0 Å². The summed E-state index contributed by atoms with van der Waals surface area (Å²) in [7, 11) is 0. The molecule has 9 rings (SSSR count). The minimum absolute atomic E-state index is 0.692. The topological polar surface area (TPSA) is 0 Å². The lowest BCUT2D eigenvalue weighted by Crippen LogP contribution is -1.93. The van der Waals surface area contributed by atoms with Crippen LogP contribution >= 0.6 is 0 Å². The van der Waals surface area contributed by atoms with E-state index >= 15 is 0 Å². The molecule has 0 nitrogen and oxygen atoms in total. The van der Waals surface area contributed by atoms with E-state index in [9.17, 15) is 26.3 Å². The average molecular weight is 1050 g/mol. The van der Waals surface area contributed by atoms with Crippen LogP contribution in [0.15, 0.2) is 200 Å². The smallest absolute Gasteiger partial charge is 0.159 e. The van der Waals surface area contributed by atoms with Crippen molar-refractivity contribution in [1.82, 2.24) is 0 Å². The van der Waals surface area contributed by atoms with Gasteiger partial charge in [0, 0.05) is 0 Å². The Morgan fingerprint density at radius 1 is 0.192 bits per heavy atom. The molecule has 0 unspecified atom stereocenters. The van der Waals surface area contributed by atoms with Crippen LogP contribution in [0.25, 0.3) is 33.4 Å². The molecule has 0 heterocycles. The molecule has 0 amide bonds. The van der Waals surface area contributed by atoms with Crippen molar-refractivity contribution in [2.75, 3.05) is 0 Å². The second kappa shape index (κ2) is 30.5. The van der Waals surface area contributed by atoms with Crippen molar-refractivity contribution >= 4 is 0 Å². The summed E-state index contributed by atoms with van der Waals surface area (Å²) >= 11 is 0. The summed E-state index contributed by atoms with van der Waals surface area (Å²) in [5, 5.41) is 0. The highest BCUT2D eigenvalue weighted by molar-refractivity contribution is 5.65. The van der Waals surface area contributed by atoms with Gasteiger partial charge in [-0.15, -0.1) is 0 Å². The Bertz CT molecular complexity index is 3200. The number of hydrogen-bond acceptors (Lipinski definition) is 0. The maximum absolute atomic E-state index is 13.4. The first-order valence-corrected chi connectivity index (χ1v) is 27.8. The molecule has 0 aromatic heterocycles. The molecule has 0 saturated carbocycles. The van der Waals surface area contributed by atoms with Gasteiger partial charge in [0.2, 0.25) is 0 Å². The Kier molecular flexibility index (Phi) is 22.8. The van der Waals surface area contributed by atoms with Gasteiger partial charge in [0.25, 0.3) is 0 Å². The highest BCUT2D eigenvalue weighted by atomic mass is 19.2. The fraction of sp³-hybridized carbons (Fsp3) is 0.250. The van der Waals surface area contributed by atoms with Crippen molar-refractivity contribution < 1.29 is 26.3 Å². The third-order valence-electron chi connectivity index (χ3n) is 14.2. The van der Waals surface area contributed by atoms with Crippen LogP contribution in [0.4, 0.5) is 26.3 Å². The quantitative estimate of drug-likeness (QED) is 0.0497. The van der Waals surface area contributed by atoms with Crippen LogP contribution < -0.4 is 0 Å². The molecule has 0 fully saturated rings. The molecule has 0 N–H and O–H groups in total. The second-order valence-corrected chi connectivity index (χ2v) is 20.2. The first-order chi connectivity index (χ1) is 38.0. The molecule has 9 aromatic carbocycles. The van der Waals surface area contributed by atoms with E-state index in [1.807, 2.05) is 36.4 Å². The van der Waals surface area contributed by atoms with Gasteiger partial charge in [0.05, 0.1) is 0 Å². The molecule has 9 aromatic rings. The molecule has 0 aliphatic carbocycles. The van der Waals surface area contributed by atoms with Crippen LogP contribution in [0.2, 0.25) is 0 Å². The molecule has 0 atom stereocenters. The summed E-state index contributed by atoms with van der Waals surface area (Å²) < 4.78 is 79.3. The van der Waals surface area contributed by atoms with E-state index in [0.717, 1.165) is 68.1 Å². The van der Waals surface area contributed by atoms with Crippen LogP contribution in [-0.4, -0.2) is 0 Å². The highest BCUT2D eigenvalue weighted by Crippen LogP contribution is 2.26. The summed E-state index contributed by atoms with van der Waals surface area (Å²) in [5.41, 5.74) is 16.7. The van der Waals surface area contributed by atoms with E-state index in [1.165, 1.54) is 131 Å². The maximum atomic E-state index is 13.4. The van der Waals surface area contributed by atoms with Crippen LogP contribution in [-0.2, 0) is 57.8 Å². The number of halogens is 6. The molecule has 0 bridgehead atoms. The van der Waals surface area contributed by atoms with Gasteiger partial charge in [-0.3, -0.25) is 0 Å². The Labute approximate surface area is 459 Å². The molecular formula is C72H72F6. The minimum atomic E-state index is -0.815. The monoisotopic (exact) mass is 1050 g/mol. The first-order valence-electron chi connectivity index (χ1n) is 27.8. The van der Waals surface area contributed by atoms with Gasteiger partial charge in [-0.05, 0) is 190 Å². The Morgan fingerprint density at radius 3 is 0.654 bits per heavy atom. The molecule has 0 aliphatic rings. The predicted octanol–water partition coefficient (Wildman–Crippen LogP) is 20.3. The second-order valence-electron chi connectivity index (χ2n) is 20.2. The molecule has 0 radical (unpaired) electrons. The van der Waals surface area contributed by atoms with E-state index < -0.39 is 34.9 Å². The van der Waals surface area contributed by atoms with Crippen molar-refractivity contribution in [3.63, 3.8) is 0 Å². The van der Waals surface area contributed by atoms with E-state index in [1.54, 1.807) is 18.2 Å². The number of unbranched alkanes of at least 4 members (excludes halogenated alkanes) is 3. The normalized spacial score (nSPS) is 10.9. The van der Waals surface area contributed by atoms with Gasteiger partial charge in [-0.2, -0.15) is 0 Å². The molecule has 0 aliphatic heterocycles. The van der Waals surface area contributed by atoms with Gasteiger partial charge in [-0.1, -0.05) is 210 Å². The number of benzene rings is 9. The lowest BCUT2D eigenvalue weighted by Gasteiger charge is -2.07. The third-order valence-corrected chi connectivity index (χ3v) is 14.2. The average Bonchev–Trinajstić information content (AvgIpc) is 3.48. The Hall–Kier alpha value is -7.44. The molecule has 0 spiro atoms. The van der Waals surface area contributed by atoms with E-state index in [-0.39, 0.29) is 0 Å². The van der Waals surface area contributed by atoms with Gasteiger partial charge in [0.15, 0.2) is 34.9 Å². The summed E-state index contributed by atoms with van der Waals surface area (Å²) in [6, 6.07) is 62.9. The number of hydrogen-bond donors (Lipinski definition) is 0. The minimum Gasteiger partial charge on any atom is -0.204 e. The van der Waals surface area contributed by atoms with Crippen molar-refractivity contribution in [2.45, 2.75) is 117 Å². The molecule has 6 heteroatoms. The number of rotatable bonds is 21. The van der Waals surface area contributed by atoms with Crippen molar-refractivity contribution in [2.24, 2.45) is 0 Å². The summed E-state index contributed by atoms with van der Waals surface area (Å²) in [6.45, 7) is 6.64. The molecule has 402 valence electrons. The molecular weight excluding hydrogens is 979 g/mol. The number of aryl methyl sites for hydroxylation is 9. The molecule has 78 heavy (non-hydrogen) atoms. The lowest BCUT2D eigenvalue weighted by molar-refractivity contribution is 0.509. The zero-order valence-electron chi connectivity index (χ0n) is 45.4. The Balaban J connectivity index is 0.000000170. The zero-order valence-corrected chi connectivity index (χ0v) is 45.4. The van der Waals surface area contributed by atoms with Crippen LogP contribution in [0.1, 0.15) is 109 Å². The fourth-order valence-corrected chi connectivity index (χ4v) is 9.35. The largest absolute Gasteiger partial charge is 0.204 e. The van der Waals surface area contributed by atoms with Gasteiger partial charge >= 0.3 is 0 Å². The summed E-state index contributed by atoms with van der Waals surface area (Å²) in [6.07, 6.45) is 16.8. The Morgan fingerprint density at radius 2 is 0.410 bits per heavy atom. The van der Waals surface area contributed by atoms with E-state index in [2.05, 4.69) is 130 Å². The SMILES string of the molecule is CCCCCc1ccc(CCc2ccc(-c3ccc(F)c(F)c3)cc2)cc1.CCCCc1ccc(CCc2ccc(-c3ccc(F)c(F)c3)cc2)cc1.CCCc1ccc(CCc2ccc(-c3ccc(F)c(F)c3)cc2)cc1. The van der Waals surface area contributed by atoms with Crippen molar-refractivity contribution in [3.8, 4) is 33.4 Å². The highest BCUT2D eigenvalue weighted by Gasteiger charge is 2.09. The first kappa shape index (κ1) is 58.2. The van der Waals surface area contributed by atoms with Gasteiger partial charge in [-0.25, -0.2) is 26.3 Å². The van der Waals surface area contributed by atoms with Crippen molar-refractivity contribution in [1.29, 1.82) is 0 Å². The van der Waals surface area contributed by atoms with Crippen LogP contribution in [0.5, 0.6) is 0 Å². The lowest BCUT2D eigenvalue weighted by atomic mass is 9.99. The van der Waals surface area contributed by atoms with Gasteiger partial charge < -0.3 is 0 Å². The zero-order chi connectivity index (χ0) is 55.1. The predicted molar refractivity (Wildman–Crippen MR) is 313 cm³/mol. The maximum Gasteiger partial charge on any atom is 0.159 e. The third kappa shape index (κ3) is 18.4. The van der Waals surface area contributed by atoms with E-state index in [0.29, 0.717) is 16.7 Å². The van der Waals surface area contributed by atoms with Crippen molar-refractivity contribution in [3.05, 3.63) is 285 Å². The summed E-state index contributed by atoms with van der Waals surface area (Å²) in [4.78, 5) is 0. The standard InChI is InChI=1S/C25H26F2.C24H24F2.C23H22F2/c1-2-3-4-5-19-6-8-20(9-7-19)10-11-21-12-14-22(15-13-21)23-16-17-24(26)25(27)18-23;1-2-3-4-18-5-7-19(8-6-18)9-10-20-11-13-21(14-12-20)22-15-16-23(25)24(26)17-22;1-2-3-17-4-6-18(7-5-17)8-9-19-10-12-20(13-11-19)21-14-15-22(24)23(25)16-21/h6-9,12-18H,2-5,10-11H2,1H3;5-8,11-17H,2-4,9-10H2,1H3;4-7,10-16H,2-3,8-9H2,1H3.